The van der Waals surface area contributed by atoms with Crippen molar-refractivity contribution in [3.63, 3.8) is 0 Å². The number of halogens is 1. The van der Waals surface area contributed by atoms with E-state index in [1.165, 1.54) is 18.7 Å². The van der Waals surface area contributed by atoms with Gasteiger partial charge in [-0.2, -0.15) is 5.26 Å². The third-order valence-electron chi connectivity index (χ3n) is 1.42. The van der Waals surface area contributed by atoms with Gasteiger partial charge in [-0.3, -0.25) is 10.1 Å². The van der Waals surface area contributed by atoms with E-state index in [9.17, 15) is 4.79 Å². The summed E-state index contributed by atoms with van der Waals surface area (Å²) in [5, 5.41) is 11.2. The first-order valence-electron chi connectivity index (χ1n) is 3.10. The average Bonchev–Trinajstić information content (AvgIpc) is 2.33. The molecule has 2 unspecified atom stereocenters. The maximum Gasteiger partial charge on any atom is 0.200 e. The highest BCUT2D eigenvalue weighted by Gasteiger charge is 2.41. The first-order valence-corrected chi connectivity index (χ1v) is 4.46. The summed E-state index contributed by atoms with van der Waals surface area (Å²) in [6.07, 6.45) is 0. The van der Waals surface area contributed by atoms with E-state index in [2.05, 4.69) is 5.32 Å². The van der Waals surface area contributed by atoms with Gasteiger partial charge in [0.25, 0.3) is 0 Å². The van der Waals surface area contributed by atoms with Crippen molar-refractivity contribution in [3.05, 3.63) is 0 Å². The summed E-state index contributed by atoms with van der Waals surface area (Å²) >= 11 is 7.10. The molecule has 11 heavy (non-hydrogen) atoms. The Morgan fingerprint density at radius 1 is 2.00 bits per heavy atom. The Hall–Kier alpha value is -0.240. The van der Waals surface area contributed by atoms with Crippen molar-refractivity contribution in [3.8, 4) is 6.07 Å². The fraction of sp³-hybridized carbons (Fsp3) is 0.667. The van der Waals surface area contributed by atoms with E-state index >= 15 is 0 Å². The van der Waals surface area contributed by atoms with Gasteiger partial charge in [-0.25, -0.2) is 0 Å². The number of hydrogen-bond donors (Lipinski definition) is 1. The number of Topliss-reactive ketones (excluding diaryl/α,β-unsaturated/α-hetero) is 1. The van der Waals surface area contributed by atoms with Crippen LogP contribution in [-0.4, -0.2) is 21.9 Å². The molecule has 2 atom stereocenters. The topological polar surface area (TPSA) is 52.9 Å². The third kappa shape index (κ3) is 1.67. The van der Waals surface area contributed by atoms with Gasteiger partial charge in [0, 0.05) is 5.75 Å². The molecule has 0 bridgehead atoms. The van der Waals surface area contributed by atoms with Crippen molar-refractivity contribution < 1.29 is 4.79 Å². The zero-order valence-corrected chi connectivity index (χ0v) is 7.50. The molecule has 3 nitrogen and oxygen atoms in total. The summed E-state index contributed by atoms with van der Waals surface area (Å²) in [7, 11) is 0. The van der Waals surface area contributed by atoms with Crippen LogP contribution in [0.15, 0.2) is 0 Å². The average molecular weight is 191 g/mol. The molecular weight excluding hydrogens is 184 g/mol. The lowest BCUT2D eigenvalue weighted by Crippen LogP contribution is -2.41. The number of nitriles is 1. The summed E-state index contributed by atoms with van der Waals surface area (Å²) < 4.78 is -1.06. The monoisotopic (exact) mass is 190 g/mol. The number of carbonyl (C=O) groups is 1. The summed E-state index contributed by atoms with van der Waals surface area (Å²) in [5.74, 6) is 0.418. The van der Waals surface area contributed by atoms with Gasteiger partial charge in [0.2, 0.25) is 0 Å². The number of hydrogen-bond acceptors (Lipinski definition) is 4. The standard InChI is InChI=1S/C6H7ClN2OS/c1-4(10)6(7)9-5(2-8)3-11-6/h5,9H,3H2,1H3. The number of nitrogens with zero attached hydrogens (tertiary/aromatic N) is 1. The van der Waals surface area contributed by atoms with Gasteiger partial charge in [0.15, 0.2) is 10.1 Å². The maximum absolute atomic E-state index is 10.9. The molecule has 0 aromatic rings. The molecule has 0 spiro atoms. The Morgan fingerprint density at radius 3 is 2.91 bits per heavy atom. The van der Waals surface area contributed by atoms with Crippen molar-refractivity contribution in [1.29, 1.82) is 5.26 Å². The summed E-state index contributed by atoms with van der Waals surface area (Å²) in [5.41, 5.74) is 0. The van der Waals surface area contributed by atoms with Crippen LogP contribution in [0.2, 0.25) is 0 Å². The van der Waals surface area contributed by atoms with Crippen molar-refractivity contribution in [1.82, 2.24) is 5.32 Å². The number of ketones is 1. The number of rotatable bonds is 1. The van der Waals surface area contributed by atoms with Crippen LogP contribution in [0, 0.1) is 11.3 Å². The fourth-order valence-electron chi connectivity index (χ4n) is 0.778. The van der Waals surface area contributed by atoms with Crippen LogP contribution in [0.25, 0.3) is 0 Å². The van der Waals surface area contributed by atoms with Crippen molar-refractivity contribution in [2.75, 3.05) is 5.75 Å². The van der Waals surface area contributed by atoms with Gasteiger partial charge in [0.1, 0.15) is 6.04 Å². The van der Waals surface area contributed by atoms with Crippen LogP contribution in [0.1, 0.15) is 6.92 Å². The molecule has 1 N–H and O–H groups in total. The first-order chi connectivity index (χ1) is 5.08. The van der Waals surface area contributed by atoms with Gasteiger partial charge in [-0.15, -0.1) is 11.8 Å². The molecule has 0 aromatic carbocycles. The molecule has 1 aliphatic heterocycles. The molecule has 0 saturated carbocycles. The van der Waals surface area contributed by atoms with E-state index in [0.29, 0.717) is 5.75 Å². The molecule has 60 valence electrons. The summed E-state index contributed by atoms with van der Waals surface area (Å²) in [4.78, 5) is 10.9. The van der Waals surface area contributed by atoms with Gasteiger partial charge >= 0.3 is 0 Å². The number of carbonyl (C=O) groups excluding carboxylic acids is 1. The molecule has 1 rings (SSSR count). The zero-order chi connectivity index (χ0) is 8.48. The number of alkyl halides is 1. The van der Waals surface area contributed by atoms with Gasteiger partial charge in [-0.1, -0.05) is 11.6 Å². The normalized spacial score (nSPS) is 36.6. The predicted molar refractivity (Wildman–Crippen MR) is 44.3 cm³/mol. The van der Waals surface area contributed by atoms with E-state index in [1.54, 1.807) is 0 Å². The molecule has 0 radical (unpaired) electrons. The molecule has 5 heteroatoms. The molecule has 1 saturated heterocycles. The largest absolute Gasteiger partial charge is 0.295 e. The Kier molecular flexibility index (Phi) is 2.43. The van der Waals surface area contributed by atoms with E-state index in [0.717, 1.165) is 0 Å². The predicted octanol–water partition coefficient (Wildman–Crippen LogP) is 0.697. The smallest absolute Gasteiger partial charge is 0.200 e. The van der Waals surface area contributed by atoms with Crippen molar-refractivity contribution in [2.45, 2.75) is 17.3 Å². The molecular formula is C6H7ClN2OS. The van der Waals surface area contributed by atoms with Crippen LogP contribution < -0.4 is 5.32 Å². The highest BCUT2D eigenvalue weighted by Crippen LogP contribution is 2.34. The Morgan fingerprint density at radius 2 is 2.64 bits per heavy atom. The molecule has 0 amide bonds. The number of nitrogens with one attached hydrogen (secondary N) is 1. The minimum atomic E-state index is -1.06. The highest BCUT2D eigenvalue weighted by atomic mass is 35.5. The van der Waals surface area contributed by atoms with Crippen LogP contribution in [-0.2, 0) is 4.79 Å². The zero-order valence-electron chi connectivity index (χ0n) is 5.93. The van der Waals surface area contributed by atoms with Crippen molar-refractivity contribution >= 4 is 29.1 Å². The first kappa shape index (κ1) is 8.85. The summed E-state index contributed by atoms with van der Waals surface area (Å²) in [6, 6.07) is 1.70. The quantitative estimate of drug-likeness (QED) is 0.489. The van der Waals surface area contributed by atoms with E-state index in [-0.39, 0.29) is 11.8 Å². The van der Waals surface area contributed by atoms with Gasteiger partial charge < -0.3 is 0 Å². The second kappa shape index (κ2) is 3.02. The fourth-order valence-corrected chi connectivity index (χ4v) is 2.08. The summed E-state index contributed by atoms with van der Waals surface area (Å²) in [6.45, 7) is 1.41. The Bertz CT molecular complexity index is 227. The lowest BCUT2D eigenvalue weighted by atomic mass is 10.3. The Labute approximate surface area is 74.1 Å². The van der Waals surface area contributed by atoms with E-state index in [4.69, 9.17) is 16.9 Å². The lowest BCUT2D eigenvalue weighted by Gasteiger charge is -2.15. The van der Waals surface area contributed by atoms with Crippen LogP contribution >= 0.6 is 23.4 Å². The maximum atomic E-state index is 10.9. The van der Waals surface area contributed by atoms with Crippen LogP contribution in [0.5, 0.6) is 0 Å². The number of thioether (sulfide) groups is 1. The van der Waals surface area contributed by atoms with E-state index in [1.807, 2.05) is 6.07 Å². The van der Waals surface area contributed by atoms with E-state index < -0.39 is 4.33 Å². The minimum Gasteiger partial charge on any atom is -0.295 e. The second-order valence-electron chi connectivity index (χ2n) is 2.29. The van der Waals surface area contributed by atoms with Crippen LogP contribution in [0.4, 0.5) is 0 Å². The van der Waals surface area contributed by atoms with Crippen LogP contribution in [0.3, 0.4) is 0 Å². The molecule has 1 heterocycles. The SMILES string of the molecule is CC(=O)C1(Cl)NC(C#N)CS1. The van der Waals surface area contributed by atoms with Crippen molar-refractivity contribution in [2.24, 2.45) is 0 Å². The second-order valence-corrected chi connectivity index (χ2v) is 4.31. The molecule has 0 aliphatic carbocycles. The van der Waals surface area contributed by atoms with Gasteiger partial charge in [-0.05, 0) is 6.92 Å². The molecule has 1 fully saturated rings. The highest BCUT2D eigenvalue weighted by molar-refractivity contribution is 8.03. The molecule has 0 aromatic heterocycles. The van der Waals surface area contributed by atoms with Gasteiger partial charge in [0.05, 0.1) is 6.07 Å². The Balaban J connectivity index is 2.67. The molecule has 1 aliphatic rings. The third-order valence-corrected chi connectivity index (χ3v) is 3.42. The minimum absolute atomic E-state index is 0.151. The lowest BCUT2D eigenvalue weighted by molar-refractivity contribution is -0.117.